The molecule has 0 aliphatic carbocycles. The van der Waals surface area contributed by atoms with Gasteiger partial charge >= 0.3 is 0 Å². The van der Waals surface area contributed by atoms with Gasteiger partial charge in [0, 0.05) is 24.5 Å². The van der Waals surface area contributed by atoms with Gasteiger partial charge in [-0.1, -0.05) is 54.6 Å². The topological polar surface area (TPSA) is 40.5 Å². The van der Waals surface area contributed by atoms with E-state index in [1.54, 1.807) is 6.20 Å². The molecule has 0 aliphatic heterocycles. The Morgan fingerprint density at radius 3 is 2.20 bits per heavy atom. The smallest absolute Gasteiger partial charge is 0.193 e. The van der Waals surface area contributed by atoms with Gasteiger partial charge in [0.25, 0.3) is 0 Å². The molecule has 3 aromatic rings. The van der Waals surface area contributed by atoms with Crippen molar-refractivity contribution >= 4 is 28.7 Å². The molecule has 3 rings (SSSR count). The van der Waals surface area contributed by atoms with Gasteiger partial charge in [-0.2, -0.15) is 5.10 Å². The summed E-state index contributed by atoms with van der Waals surface area (Å²) in [5, 5.41) is 5.04. The monoisotopic (exact) mass is 346 g/mol. The lowest BCUT2D eigenvalue weighted by Crippen LogP contribution is -2.34. The lowest BCUT2D eigenvalue weighted by atomic mass is 10.1. The first-order valence-corrected chi connectivity index (χ1v) is 8.30. The maximum atomic E-state index is 5.46. The second-order valence-corrected chi connectivity index (χ2v) is 5.74. The van der Waals surface area contributed by atoms with Crippen molar-refractivity contribution in [3.05, 3.63) is 96.3 Å². The number of nitrogens with zero attached hydrogens (tertiary/aromatic N) is 3. The van der Waals surface area contributed by atoms with Crippen LogP contribution in [0.3, 0.4) is 0 Å². The van der Waals surface area contributed by atoms with Crippen LogP contribution in [-0.4, -0.2) is 22.9 Å². The highest BCUT2D eigenvalue weighted by Gasteiger charge is 2.10. The van der Waals surface area contributed by atoms with Crippen molar-refractivity contribution in [2.45, 2.75) is 0 Å². The highest BCUT2D eigenvalue weighted by atomic mass is 32.1. The second-order valence-electron chi connectivity index (χ2n) is 5.35. The molecule has 1 heterocycles. The average Bonchev–Trinajstić information content (AvgIpc) is 2.70. The summed E-state index contributed by atoms with van der Waals surface area (Å²) >= 11 is 5.46. The minimum Gasteiger partial charge on any atom is -0.321 e. The van der Waals surface area contributed by atoms with Crippen LogP contribution in [0.2, 0.25) is 0 Å². The number of para-hydroxylation sites is 1. The Morgan fingerprint density at radius 1 is 0.920 bits per heavy atom. The van der Waals surface area contributed by atoms with E-state index < -0.39 is 0 Å². The van der Waals surface area contributed by atoms with E-state index in [0.29, 0.717) is 5.11 Å². The number of aromatic nitrogens is 1. The predicted octanol–water partition coefficient (Wildman–Crippen LogP) is 3.84. The van der Waals surface area contributed by atoms with Crippen LogP contribution in [0.15, 0.2) is 90.2 Å². The lowest BCUT2D eigenvalue weighted by Gasteiger charge is -2.19. The molecule has 1 N–H and O–H groups in total. The van der Waals surface area contributed by atoms with E-state index in [0.717, 1.165) is 22.7 Å². The Kier molecular flexibility index (Phi) is 5.49. The van der Waals surface area contributed by atoms with Crippen LogP contribution in [0, 0.1) is 0 Å². The van der Waals surface area contributed by atoms with E-state index >= 15 is 0 Å². The summed E-state index contributed by atoms with van der Waals surface area (Å²) < 4.78 is 0. The highest BCUT2D eigenvalue weighted by molar-refractivity contribution is 7.80. The van der Waals surface area contributed by atoms with Crippen LogP contribution in [0.5, 0.6) is 0 Å². The Balaban J connectivity index is 1.85. The van der Waals surface area contributed by atoms with Crippen LogP contribution in [-0.2, 0) is 0 Å². The minimum atomic E-state index is 0.510. The number of hydrogen-bond acceptors (Lipinski definition) is 3. The molecule has 124 valence electrons. The van der Waals surface area contributed by atoms with Gasteiger partial charge in [-0.15, -0.1) is 0 Å². The highest BCUT2D eigenvalue weighted by Crippen LogP contribution is 2.12. The number of thiocarbonyl (C=S) groups is 1. The Bertz CT molecular complexity index is 807. The molecule has 0 amide bonds. The van der Waals surface area contributed by atoms with Gasteiger partial charge in [-0.25, -0.2) is 0 Å². The number of rotatable bonds is 4. The minimum absolute atomic E-state index is 0.510. The summed E-state index contributed by atoms with van der Waals surface area (Å²) in [6.45, 7) is 0. The Hall–Kier alpha value is -3.05. The average molecular weight is 346 g/mol. The largest absolute Gasteiger partial charge is 0.321 e. The fourth-order valence-corrected chi connectivity index (χ4v) is 2.47. The third-order valence-electron chi connectivity index (χ3n) is 3.67. The summed E-state index contributed by atoms with van der Waals surface area (Å²) in [7, 11) is 1.91. The van der Waals surface area contributed by atoms with E-state index in [1.807, 2.05) is 90.8 Å². The van der Waals surface area contributed by atoms with Gasteiger partial charge in [-0.3, -0.25) is 10.4 Å². The van der Waals surface area contributed by atoms with Crippen LogP contribution in [0.4, 0.5) is 5.69 Å². The fourth-order valence-electron chi connectivity index (χ4n) is 2.32. The normalized spacial score (nSPS) is 11.0. The molecular formula is C20H18N4S. The van der Waals surface area contributed by atoms with Gasteiger partial charge in [0.1, 0.15) is 5.71 Å². The van der Waals surface area contributed by atoms with E-state index in [1.165, 1.54) is 0 Å². The quantitative estimate of drug-likeness (QED) is 0.443. The fraction of sp³-hybridized carbons (Fsp3) is 0.0500. The Labute approximate surface area is 152 Å². The molecule has 1 aromatic heterocycles. The summed E-state index contributed by atoms with van der Waals surface area (Å²) in [6, 6.07) is 25.6. The third-order valence-corrected chi connectivity index (χ3v) is 4.03. The van der Waals surface area contributed by atoms with E-state index in [4.69, 9.17) is 12.2 Å². The van der Waals surface area contributed by atoms with E-state index in [2.05, 4.69) is 15.5 Å². The van der Waals surface area contributed by atoms with Crippen LogP contribution >= 0.6 is 12.2 Å². The zero-order chi connectivity index (χ0) is 17.5. The molecule has 4 nitrogen and oxygen atoms in total. The molecule has 25 heavy (non-hydrogen) atoms. The molecular weight excluding hydrogens is 328 g/mol. The van der Waals surface area contributed by atoms with Crippen molar-refractivity contribution in [3.63, 3.8) is 0 Å². The van der Waals surface area contributed by atoms with Crippen molar-refractivity contribution in [1.82, 2.24) is 10.4 Å². The third kappa shape index (κ3) is 4.28. The maximum absolute atomic E-state index is 5.46. The molecule has 0 radical (unpaired) electrons. The number of anilines is 1. The first kappa shape index (κ1) is 16.8. The number of hydrazone groups is 1. The van der Waals surface area contributed by atoms with Crippen molar-refractivity contribution in [2.75, 3.05) is 11.9 Å². The van der Waals surface area contributed by atoms with Crippen molar-refractivity contribution in [1.29, 1.82) is 0 Å². The number of nitrogens with one attached hydrogen (secondary N) is 1. The molecule has 0 aliphatic rings. The molecule has 5 heteroatoms. The van der Waals surface area contributed by atoms with Gasteiger partial charge in [0.2, 0.25) is 0 Å². The molecule has 2 aromatic carbocycles. The second kappa shape index (κ2) is 8.17. The van der Waals surface area contributed by atoms with E-state index in [-0.39, 0.29) is 0 Å². The molecule has 0 saturated carbocycles. The zero-order valence-corrected chi connectivity index (χ0v) is 14.6. The molecule has 0 unspecified atom stereocenters. The zero-order valence-electron chi connectivity index (χ0n) is 13.8. The molecule has 0 saturated heterocycles. The SMILES string of the molecule is CN(C(=S)NN=C(c1ccccc1)c1ccccn1)c1ccccc1. The van der Waals surface area contributed by atoms with Crippen LogP contribution in [0.25, 0.3) is 0 Å². The maximum Gasteiger partial charge on any atom is 0.193 e. The first-order chi connectivity index (χ1) is 12.3. The van der Waals surface area contributed by atoms with Crippen LogP contribution in [0.1, 0.15) is 11.3 Å². The molecule has 0 atom stereocenters. The number of benzene rings is 2. The van der Waals surface area contributed by atoms with Gasteiger partial charge in [0.15, 0.2) is 5.11 Å². The van der Waals surface area contributed by atoms with Gasteiger partial charge in [-0.05, 0) is 36.5 Å². The van der Waals surface area contributed by atoms with Gasteiger partial charge < -0.3 is 4.90 Å². The summed E-state index contributed by atoms with van der Waals surface area (Å²) in [6.07, 6.45) is 1.75. The van der Waals surface area contributed by atoms with E-state index in [9.17, 15) is 0 Å². The Morgan fingerprint density at radius 2 is 1.56 bits per heavy atom. The standard InChI is InChI=1S/C20H18N4S/c1-24(17-12-6-3-7-13-17)20(25)23-22-19(16-10-4-2-5-11-16)18-14-8-9-15-21-18/h2-15H,1H3,(H,23,25). The van der Waals surface area contributed by atoms with Gasteiger partial charge in [0.05, 0.1) is 5.69 Å². The van der Waals surface area contributed by atoms with Crippen molar-refractivity contribution in [2.24, 2.45) is 5.10 Å². The molecule has 0 fully saturated rings. The number of hydrogen-bond donors (Lipinski definition) is 1. The summed E-state index contributed by atoms with van der Waals surface area (Å²) in [4.78, 5) is 6.28. The van der Waals surface area contributed by atoms with Crippen molar-refractivity contribution < 1.29 is 0 Å². The lowest BCUT2D eigenvalue weighted by molar-refractivity contribution is 1.00. The number of pyridine rings is 1. The van der Waals surface area contributed by atoms with Crippen LogP contribution < -0.4 is 10.3 Å². The predicted molar refractivity (Wildman–Crippen MR) is 107 cm³/mol. The molecule has 0 spiro atoms. The first-order valence-electron chi connectivity index (χ1n) is 7.89. The molecule has 0 bridgehead atoms. The summed E-state index contributed by atoms with van der Waals surface area (Å²) in [5.74, 6) is 0. The van der Waals surface area contributed by atoms with Crippen molar-refractivity contribution in [3.8, 4) is 0 Å². The summed E-state index contributed by atoms with van der Waals surface area (Å²) in [5.41, 5.74) is 6.47.